The highest BCUT2D eigenvalue weighted by molar-refractivity contribution is 6.00. The summed E-state index contributed by atoms with van der Waals surface area (Å²) in [5, 5.41) is 2.52. The summed E-state index contributed by atoms with van der Waals surface area (Å²) in [7, 11) is 0. The van der Waals surface area contributed by atoms with Gasteiger partial charge in [0.2, 0.25) is 0 Å². The molecule has 0 aliphatic rings. The Kier molecular flexibility index (Phi) is 5.58. The van der Waals surface area contributed by atoms with Gasteiger partial charge in [-0.3, -0.25) is 0 Å². The Bertz CT molecular complexity index is 1530. The minimum Gasteiger partial charge on any atom is -0.310 e. The van der Waals surface area contributed by atoms with Crippen LogP contribution in [-0.4, -0.2) is 0 Å². The molecule has 1 heteroatoms. The van der Waals surface area contributed by atoms with Crippen molar-refractivity contribution in [3.05, 3.63) is 152 Å². The van der Waals surface area contributed by atoms with E-state index in [2.05, 4.69) is 157 Å². The number of fused-ring (bicyclic) bond motifs is 1. The van der Waals surface area contributed by atoms with E-state index in [9.17, 15) is 0 Å². The predicted octanol–water partition coefficient (Wildman–Crippen LogP) is 9.64. The highest BCUT2D eigenvalue weighted by Crippen LogP contribution is 2.38. The smallest absolute Gasteiger partial charge is 0.0467 e. The Morgan fingerprint density at radius 3 is 1.57 bits per heavy atom. The van der Waals surface area contributed by atoms with Crippen LogP contribution in [0.1, 0.15) is 0 Å². The number of anilines is 3. The van der Waals surface area contributed by atoms with E-state index < -0.39 is 0 Å². The lowest BCUT2D eigenvalue weighted by Crippen LogP contribution is -2.09. The number of hydrogen-bond donors (Lipinski definition) is 0. The molecule has 0 amide bonds. The van der Waals surface area contributed by atoms with Gasteiger partial charge < -0.3 is 4.90 Å². The molecule has 166 valence electrons. The van der Waals surface area contributed by atoms with Crippen molar-refractivity contribution >= 4 is 27.8 Å². The highest BCUT2D eigenvalue weighted by Gasteiger charge is 2.14. The topological polar surface area (TPSA) is 3.24 Å². The van der Waals surface area contributed by atoms with Crippen molar-refractivity contribution in [1.82, 2.24) is 0 Å². The second-order valence-corrected chi connectivity index (χ2v) is 8.67. The first kappa shape index (κ1) is 20.9. The van der Waals surface area contributed by atoms with Crippen LogP contribution >= 0.6 is 0 Å². The van der Waals surface area contributed by atoms with Crippen LogP contribution in [0.25, 0.3) is 33.0 Å². The van der Waals surface area contributed by atoms with Gasteiger partial charge in [0.25, 0.3) is 0 Å². The highest BCUT2D eigenvalue weighted by atomic mass is 15.1. The maximum atomic E-state index is 2.33. The lowest BCUT2D eigenvalue weighted by molar-refractivity contribution is 1.28. The molecule has 0 saturated carbocycles. The van der Waals surface area contributed by atoms with E-state index in [0.29, 0.717) is 0 Å². The molecule has 0 fully saturated rings. The van der Waals surface area contributed by atoms with Crippen molar-refractivity contribution in [2.75, 3.05) is 4.90 Å². The van der Waals surface area contributed by atoms with Crippen molar-refractivity contribution in [2.24, 2.45) is 0 Å². The fraction of sp³-hybridized carbons (Fsp3) is 0. The lowest BCUT2D eigenvalue weighted by Gasteiger charge is -2.26. The van der Waals surface area contributed by atoms with E-state index in [1.165, 1.54) is 33.0 Å². The zero-order chi connectivity index (χ0) is 23.5. The zero-order valence-corrected chi connectivity index (χ0v) is 19.4. The molecule has 0 aliphatic carbocycles. The van der Waals surface area contributed by atoms with E-state index in [0.717, 1.165) is 17.1 Å². The quantitative estimate of drug-likeness (QED) is 0.254. The van der Waals surface area contributed by atoms with Crippen LogP contribution in [0.4, 0.5) is 17.1 Å². The molecule has 35 heavy (non-hydrogen) atoms. The summed E-state index contributed by atoms with van der Waals surface area (Å²) >= 11 is 0. The van der Waals surface area contributed by atoms with E-state index in [-0.39, 0.29) is 0 Å². The minimum absolute atomic E-state index is 1.13. The van der Waals surface area contributed by atoms with Gasteiger partial charge in [-0.25, -0.2) is 0 Å². The first-order chi connectivity index (χ1) is 17.4. The molecule has 0 bridgehead atoms. The van der Waals surface area contributed by atoms with Crippen LogP contribution in [0.2, 0.25) is 0 Å². The van der Waals surface area contributed by atoms with Crippen LogP contribution in [0.15, 0.2) is 152 Å². The van der Waals surface area contributed by atoms with E-state index in [4.69, 9.17) is 0 Å². The third-order valence-corrected chi connectivity index (χ3v) is 6.41. The van der Waals surface area contributed by atoms with Crippen LogP contribution in [0.3, 0.4) is 0 Å². The van der Waals surface area contributed by atoms with E-state index in [1.54, 1.807) is 0 Å². The number of nitrogens with zero attached hydrogens (tertiary/aromatic N) is 1. The van der Waals surface area contributed by atoms with Gasteiger partial charge in [-0.05, 0) is 81.6 Å². The number of benzene rings is 6. The second-order valence-electron chi connectivity index (χ2n) is 8.67. The molecule has 0 heterocycles. The SMILES string of the molecule is c1ccc(-c2cc(-c3cccc(N(c4ccccc4)c4ccccc4)c3)cc3ccccc23)cc1. The van der Waals surface area contributed by atoms with Gasteiger partial charge in [0.15, 0.2) is 0 Å². The molecule has 0 radical (unpaired) electrons. The molecular weight excluding hydrogens is 422 g/mol. The summed E-state index contributed by atoms with van der Waals surface area (Å²) in [5.74, 6) is 0. The van der Waals surface area contributed by atoms with Crippen LogP contribution < -0.4 is 4.90 Å². The molecule has 6 rings (SSSR count). The molecule has 6 aromatic carbocycles. The summed E-state index contributed by atoms with van der Waals surface area (Å²) in [6.07, 6.45) is 0. The third kappa shape index (κ3) is 4.20. The Labute approximate surface area is 206 Å². The second kappa shape index (κ2) is 9.32. The van der Waals surface area contributed by atoms with Crippen molar-refractivity contribution < 1.29 is 0 Å². The van der Waals surface area contributed by atoms with Gasteiger partial charge in [-0.15, -0.1) is 0 Å². The average Bonchev–Trinajstić information content (AvgIpc) is 2.94. The van der Waals surface area contributed by atoms with Gasteiger partial charge in [0.1, 0.15) is 0 Å². The molecule has 1 nitrogen and oxygen atoms in total. The molecule has 0 atom stereocenters. The van der Waals surface area contributed by atoms with E-state index in [1.807, 2.05) is 0 Å². The Morgan fingerprint density at radius 1 is 0.343 bits per heavy atom. The monoisotopic (exact) mass is 447 g/mol. The lowest BCUT2D eigenvalue weighted by atomic mass is 9.93. The van der Waals surface area contributed by atoms with Gasteiger partial charge in [-0.1, -0.05) is 103 Å². The van der Waals surface area contributed by atoms with Crippen LogP contribution in [0, 0.1) is 0 Å². The first-order valence-electron chi connectivity index (χ1n) is 12.0. The normalized spacial score (nSPS) is 10.9. The maximum absolute atomic E-state index is 2.33. The average molecular weight is 448 g/mol. The number of rotatable bonds is 5. The molecule has 0 saturated heterocycles. The summed E-state index contributed by atoms with van der Waals surface area (Å²) in [4.78, 5) is 2.31. The first-order valence-corrected chi connectivity index (χ1v) is 12.0. The number of hydrogen-bond acceptors (Lipinski definition) is 1. The Morgan fingerprint density at radius 2 is 0.886 bits per heavy atom. The largest absolute Gasteiger partial charge is 0.310 e. The van der Waals surface area contributed by atoms with Crippen molar-refractivity contribution in [2.45, 2.75) is 0 Å². The summed E-state index contributed by atoms with van der Waals surface area (Å²) in [6.45, 7) is 0. The predicted molar refractivity (Wildman–Crippen MR) is 150 cm³/mol. The zero-order valence-electron chi connectivity index (χ0n) is 19.4. The van der Waals surface area contributed by atoms with Gasteiger partial charge in [0.05, 0.1) is 0 Å². The molecule has 6 aromatic rings. The molecule has 0 aromatic heterocycles. The van der Waals surface area contributed by atoms with Crippen molar-refractivity contribution in [3.8, 4) is 22.3 Å². The molecule has 0 spiro atoms. The van der Waals surface area contributed by atoms with Gasteiger partial charge in [-0.2, -0.15) is 0 Å². The minimum atomic E-state index is 1.13. The van der Waals surface area contributed by atoms with Crippen LogP contribution in [0.5, 0.6) is 0 Å². The van der Waals surface area contributed by atoms with E-state index >= 15 is 0 Å². The van der Waals surface area contributed by atoms with Gasteiger partial charge in [0, 0.05) is 17.1 Å². The third-order valence-electron chi connectivity index (χ3n) is 6.41. The van der Waals surface area contributed by atoms with Crippen molar-refractivity contribution in [3.63, 3.8) is 0 Å². The summed E-state index contributed by atoms with van der Waals surface area (Å²) in [5.41, 5.74) is 8.31. The standard InChI is InChI=1S/C34H25N/c1-4-13-26(14-5-1)34-25-29(23-28-15-10-11-22-33(28)34)27-16-12-21-32(24-27)35(30-17-6-2-7-18-30)31-19-8-3-9-20-31/h1-25H. The fourth-order valence-corrected chi connectivity index (χ4v) is 4.76. The fourth-order valence-electron chi connectivity index (χ4n) is 4.76. The molecular formula is C34H25N. The Balaban J connectivity index is 1.52. The molecule has 0 unspecified atom stereocenters. The molecule has 0 aliphatic heterocycles. The van der Waals surface area contributed by atoms with Crippen molar-refractivity contribution in [1.29, 1.82) is 0 Å². The van der Waals surface area contributed by atoms with Crippen LogP contribution in [-0.2, 0) is 0 Å². The molecule has 0 N–H and O–H groups in total. The summed E-state index contributed by atoms with van der Waals surface area (Å²) < 4.78 is 0. The summed E-state index contributed by atoms with van der Waals surface area (Å²) in [6, 6.07) is 53.9. The maximum Gasteiger partial charge on any atom is 0.0467 e. The van der Waals surface area contributed by atoms with Gasteiger partial charge >= 0.3 is 0 Å². The number of para-hydroxylation sites is 2. The Hall–Kier alpha value is -4.62.